The molecule has 1 atom stereocenters. The number of unbranched alkanes of at least 4 members (excludes halogenated alkanes) is 5. The number of rotatable bonds is 14. The van der Waals surface area contributed by atoms with E-state index in [1.54, 1.807) is 0 Å². The predicted octanol–water partition coefficient (Wildman–Crippen LogP) is 6.20. The maximum atomic E-state index is 13.5. The van der Waals surface area contributed by atoms with Gasteiger partial charge >= 0.3 is 0 Å². The van der Waals surface area contributed by atoms with Crippen LogP contribution in [0, 0.1) is 6.92 Å². The average Bonchev–Trinajstić information content (AvgIpc) is 3.24. The molecule has 1 aromatic heterocycles. The van der Waals surface area contributed by atoms with Gasteiger partial charge in [0.15, 0.2) is 0 Å². The number of hydrogen-bond donors (Lipinski definition) is 0. The van der Waals surface area contributed by atoms with Crippen LogP contribution < -0.4 is 4.90 Å². The highest BCUT2D eigenvalue weighted by Gasteiger charge is 2.28. The summed E-state index contributed by atoms with van der Waals surface area (Å²) >= 11 is 0. The van der Waals surface area contributed by atoms with Gasteiger partial charge in [0.05, 0.1) is 17.9 Å². The van der Waals surface area contributed by atoms with Gasteiger partial charge in [0.25, 0.3) is 0 Å². The number of benzene rings is 1. The number of hydrogen-bond acceptors (Lipinski definition) is 4. The minimum absolute atomic E-state index is 0.210. The molecule has 1 aliphatic rings. The summed E-state index contributed by atoms with van der Waals surface area (Å²) in [6.07, 6.45) is 8.82. The summed E-state index contributed by atoms with van der Waals surface area (Å²) in [5, 5.41) is 5.02. The van der Waals surface area contributed by atoms with Crippen molar-refractivity contribution in [3.05, 3.63) is 41.6 Å². The van der Waals surface area contributed by atoms with Crippen LogP contribution in [0.2, 0.25) is 0 Å². The Morgan fingerprint density at radius 2 is 1.64 bits per heavy atom. The van der Waals surface area contributed by atoms with Crippen LogP contribution in [-0.2, 0) is 11.3 Å². The maximum Gasteiger partial charge on any atom is 0.223 e. The topological polar surface area (TPSA) is 44.6 Å². The fourth-order valence-electron chi connectivity index (χ4n) is 5.16. The first-order valence-corrected chi connectivity index (χ1v) is 14.4. The summed E-state index contributed by atoms with van der Waals surface area (Å²) < 4.78 is 2.11. The van der Waals surface area contributed by atoms with E-state index < -0.39 is 0 Å². The van der Waals surface area contributed by atoms with Crippen molar-refractivity contribution < 1.29 is 4.79 Å². The van der Waals surface area contributed by atoms with Gasteiger partial charge in [-0.25, -0.2) is 4.68 Å². The van der Waals surface area contributed by atoms with Crippen molar-refractivity contribution in [3.8, 4) is 5.69 Å². The Hall–Kier alpha value is -2.34. The van der Waals surface area contributed by atoms with Gasteiger partial charge in [0, 0.05) is 44.2 Å². The molecule has 0 N–H and O–H groups in total. The number of carbonyl (C=O) groups excluding carboxylic acids is 1. The molecule has 0 aliphatic carbocycles. The van der Waals surface area contributed by atoms with Crippen LogP contribution in [0.5, 0.6) is 0 Å². The molecule has 1 aliphatic heterocycles. The third-order valence-electron chi connectivity index (χ3n) is 7.79. The van der Waals surface area contributed by atoms with Gasteiger partial charge in [-0.15, -0.1) is 0 Å². The SMILES string of the molecule is CCCCCCCCC(=O)N(Cc1c(C)nn(-c2ccccc2)c1N1CCN(CC)CC1)C(C)CC. The number of anilines is 1. The number of piperazine rings is 1. The van der Waals surface area contributed by atoms with E-state index in [-0.39, 0.29) is 11.9 Å². The maximum absolute atomic E-state index is 13.5. The van der Waals surface area contributed by atoms with Crippen molar-refractivity contribution in [3.63, 3.8) is 0 Å². The monoisotopic (exact) mass is 495 g/mol. The Bertz CT molecular complexity index is 917. The van der Waals surface area contributed by atoms with E-state index in [1.165, 1.54) is 31.2 Å². The van der Waals surface area contributed by atoms with Crippen molar-refractivity contribution in [2.45, 2.75) is 98.6 Å². The molecule has 1 saturated heterocycles. The van der Waals surface area contributed by atoms with E-state index >= 15 is 0 Å². The number of amides is 1. The van der Waals surface area contributed by atoms with Crippen molar-refractivity contribution in [1.82, 2.24) is 19.6 Å². The molecule has 2 aromatic rings. The smallest absolute Gasteiger partial charge is 0.223 e. The van der Waals surface area contributed by atoms with Gasteiger partial charge in [-0.05, 0) is 45.4 Å². The summed E-state index contributed by atoms with van der Waals surface area (Å²) in [6.45, 7) is 16.7. The molecule has 36 heavy (non-hydrogen) atoms. The van der Waals surface area contributed by atoms with Gasteiger partial charge in [-0.1, -0.05) is 71.1 Å². The Balaban J connectivity index is 1.85. The van der Waals surface area contributed by atoms with E-state index in [1.807, 2.05) is 6.07 Å². The van der Waals surface area contributed by atoms with E-state index in [4.69, 9.17) is 5.10 Å². The van der Waals surface area contributed by atoms with E-state index in [0.29, 0.717) is 13.0 Å². The summed E-state index contributed by atoms with van der Waals surface area (Å²) in [5.41, 5.74) is 3.29. The molecule has 0 spiro atoms. The van der Waals surface area contributed by atoms with Crippen molar-refractivity contribution in [1.29, 1.82) is 0 Å². The highest BCUT2D eigenvalue weighted by atomic mass is 16.2. The van der Waals surface area contributed by atoms with Crippen LogP contribution in [0.1, 0.15) is 90.3 Å². The second-order valence-corrected chi connectivity index (χ2v) is 10.4. The number of likely N-dealkylation sites (N-methyl/N-ethyl adjacent to an activating group) is 1. The van der Waals surface area contributed by atoms with Crippen LogP contribution in [0.4, 0.5) is 5.82 Å². The lowest BCUT2D eigenvalue weighted by Crippen LogP contribution is -2.47. The molecule has 0 bridgehead atoms. The van der Waals surface area contributed by atoms with E-state index in [2.05, 4.69) is 78.3 Å². The van der Waals surface area contributed by atoms with Gasteiger partial charge in [0.2, 0.25) is 5.91 Å². The lowest BCUT2D eigenvalue weighted by molar-refractivity contribution is -0.134. The quantitative estimate of drug-likeness (QED) is 0.293. The summed E-state index contributed by atoms with van der Waals surface area (Å²) in [5.74, 6) is 1.45. The summed E-state index contributed by atoms with van der Waals surface area (Å²) in [4.78, 5) is 20.6. The van der Waals surface area contributed by atoms with Crippen molar-refractivity contribution in [2.24, 2.45) is 0 Å². The molecule has 3 rings (SSSR count). The van der Waals surface area contributed by atoms with Gasteiger partial charge < -0.3 is 14.7 Å². The molecule has 1 fully saturated rings. The fourth-order valence-corrected chi connectivity index (χ4v) is 5.16. The zero-order valence-electron chi connectivity index (χ0n) is 23.5. The molecule has 0 saturated carbocycles. The number of aryl methyl sites for hydroxylation is 1. The zero-order valence-corrected chi connectivity index (χ0v) is 23.5. The zero-order chi connectivity index (χ0) is 25.9. The second-order valence-electron chi connectivity index (χ2n) is 10.4. The fraction of sp³-hybridized carbons (Fsp3) is 0.667. The van der Waals surface area contributed by atoms with Gasteiger partial charge in [-0.2, -0.15) is 5.10 Å². The molecule has 2 heterocycles. The molecule has 6 nitrogen and oxygen atoms in total. The standard InChI is InChI=1S/C30H49N5O/c1-6-9-10-11-12-16-19-29(36)34(25(4)7-2)24-28-26(5)31-35(27-17-14-13-15-18-27)30(28)33-22-20-32(8-3)21-23-33/h13-15,17-18,25H,6-12,16,19-24H2,1-5H3. The summed E-state index contributed by atoms with van der Waals surface area (Å²) in [7, 11) is 0. The predicted molar refractivity (Wildman–Crippen MR) is 151 cm³/mol. The minimum Gasteiger partial charge on any atom is -0.354 e. The highest BCUT2D eigenvalue weighted by molar-refractivity contribution is 5.77. The van der Waals surface area contributed by atoms with Crippen LogP contribution in [-0.4, -0.2) is 64.3 Å². The van der Waals surface area contributed by atoms with Crippen LogP contribution in [0.25, 0.3) is 5.69 Å². The Morgan fingerprint density at radius 1 is 0.972 bits per heavy atom. The molecule has 6 heteroatoms. The second kappa shape index (κ2) is 14.4. The number of aromatic nitrogens is 2. The largest absolute Gasteiger partial charge is 0.354 e. The first kappa shape index (κ1) is 28.2. The average molecular weight is 496 g/mol. The Kier molecular flexibility index (Phi) is 11.3. The molecular formula is C30H49N5O. The molecule has 0 radical (unpaired) electrons. The third kappa shape index (κ3) is 7.34. The van der Waals surface area contributed by atoms with Crippen molar-refractivity contribution >= 4 is 11.7 Å². The molecule has 1 aromatic carbocycles. The minimum atomic E-state index is 0.210. The first-order valence-electron chi connectivity index (χ1n) is 14.4. The lowest BCUT2D eigenvalue weighted by Gasteiger charge is -2.37. The number of nitrogens with zero attached hydrogens (tertiary/aromatic N) is 5. The molecule has 200 valence electrons. The van der Waals surface area contributed by atoms with Crippen LogP contribution in [0.15, 0.2) is 30.3 Å². The highest BCUT2D eigenvalue weighted by Crippen LogP contribution is 2.30. The third-order valence-corrected chi connectivity index (χ3v) is 7.79. The first-order chi connectivity index (χ1) is 17.5. The summed E-state index contributed by atoms with van der Waals surface area (Å²) in [6, 6.07) is 10.6. The lowest BCUT2D eigenvalue weighted by atomic mass is 10.1. The van der Waals surface area contributed by atoms with E-state index in [9.17, 15) is 4.79 Å². The number of carbonyl (C=O) groups is 1. The van der Waals surface area contributed by atoms with Gasteiger partial charge in [-0.3, -0.25) is 4.79 Å². The molecular weight excluding hydrogens is 446 g/mol. The normalized spacial score (nSPS) is 15.3. The number of para-hydroxylation sites is 1. The molecule has 1 amide bonds. The van der Waals surface area contributed by atoms with Crippen molar-refractivity contribution in [2.75, 3.05) is 37.6 Å². The molecule has 1 unspecified atom stereocenters. The Morgan fingerprint density at radius 3 is 2.28 bits per heavy atom. The Labute approximate surface area is 219 Å². The van der Waals surface area contributed by atoms with E-state index in [0.717, 1.165) is 69.2 Å². The van der Waals surface area contributed by atoms with Crippen LogP contribution in [0.3, 0.4) is 0 Å². The van der Waals surface area contributed by atoms with Crippen LogP contribution >= 0.6 is 0 Å². The van der Waals surface area contributed by atoms with Gasteiger partial charge in [0.1, 0.15) is 5.82 Å².